The summed E-state index contributed by atoms with van der Waals surface area (Å²) in [6.45, 7) is 1.92. The Morgan fingerprint density at radius 1 is 1.14 bits per heavy atom. The fraction of sp³-hybridized carbons (Fsp3) is 0.125. The van der Waals surface area contributed by atoms with E-state index in [1.807, 2.05) is 6.92 Å². The highest BCUT2D eigenvalue weighted by molar-refractivity contribution is 6.31. The molecule has 0 heterocycles. The van der Waals surface area contributed by atoms with E-state index in [1.165, 1.54) is 0 Å². The van der Waals surface area contributed by atoms with E-state index >= 15 is 0 Å². The van der Waals surface area contributed by atoms with Gasteiger partial charge in [0.2, 0.25) is 0 Å². The Kier molecular flexibility index (Phi) is 5.41. The number of nitrogens with two attached hydrogens (primary N) is 1. The second-order valence-corrected chi connectivity index (χ2v) is 5.46. The van der Waals surface area contributed by atoms with Crippen molar-refractivity contribution in [2.45, 2.75) is 13.3 Å². The number of rotatable bonds is 4. The van der Waals surface area contributed by atoms with Crippen LogP contribution in [-0.2, 0) is 0 Å². The molecule has 6 heteroatoms. The number of anilines is 1. The average molecular weight is 336 g/mol. The number of hydrogen-bond donors (Lipinski definition) is 2. The molecule has 0 saturated carbocycles. The minimum Gasteiger partial charge on any atom is -0.398 e. The lowest BCUT2D eigenvalue weighted by Gasteiger charge is -2.09. The number of amides is 1. The molecule has 4 nitrogen and oxygen atoms in total. The standard InChI is InChI=1S/C16H15Cl2N3O/c1-2-15(13-9-12(18)7-8-14(13)19)20-21-16(22)10-3-5-11(17)6-4-10/h3-9H,2,19H2,1H3,(H,21,22)/b20-15+. The fourth-order valence-electron chi connectivity index (χ4n) is 1.89. The van der Waals surface area contributed by atoms with Crippen LogP contribution in [0.3, 0.4) is 0 Å². The molecule has 0 aliphatic rings. The first-order valence-electron chi connectivity index (χ1n) is 6.69. The Hall–Kier alpha value is -2.04. The Morgan fingerprint density at radius 3 is 2.41 bits per heavy atom. The van der Waals surface area contributed by atoms with Gasteiger partial charge >= 0.3 is 0 Å². The number of nitrogens with zero attached hydrogens (tertiary/aromatic N) is 1. The van der Waals surface area contributed by atoms with Gasteiger partial charge in [-0.2, -0.15) is 5.10 Å². The molecule has 0 fully saturated rings. The number of benzene rings is 2. The predicted molar refractivity (Wildman–Crippen MR) is 91.6 cm³/mol. The van der Waals surface area contributed by atoms with E-state index in [2.05, 4.69) is 10.5 Å². The molecule has 0 spiro atoms. The monoisotopic (exact) mass is 335 g/mol. The summed E-state index contributed by atoms with van der Waals surface area (Å²) in [5, 5.41) is 5.29. The molecule has 114 valence electrons. The number of carbonyl (C=O) groups excluding carboxylic acids is 1. The van der Waals surface area contributed by atoms with Crippen LogP contribution in [0.15, 0.2) is 47.6 Å². The van der Waals surface area contributed by atoms with Crippen molar-refractivity contribution in [1.82, 2.24) is 5.43 Å². The molecule has 0 radical (unpaired) electrons. The number of halogens is 2. The van der Waals surface area contributed by atoms with E-state index < -0.39 is 0 Å². The van der Waals surface area contributed by atoms with Gasteiger partial charge in [0.05, 0.1) is 5.71 Å². The van der Waals surface area contributed by atoms with Gasteiger partial charge in [-0.05, 0) is 48.9 Å². The van der Waals surface area contributed by atoms with Crippen LogP contribution in [0, 0.1) is 0 Å². The minimum absolute atomic E-state index is 0.316. The number of nitrogen functional groups attached to an aromatic ring is 1. The molecule has 0 atom stereocenters. The molecule has 2 aromatic carbocycles. The van der Waals surface area contributed by atoms with Gasteiger partial charge in [0.25, 0.3) is 5.91 Å². The summed E-state index contributed by atoms with van der Waals surface area (Å²) in [4.78, 5) is 12.0. The lowest BCUT2D eigenvalue weighted by atomic mass is 10.1. The van der Waals surface area contributed by atoms with Crippen molar-refractivity contribution in [3.05, 3.63) is 63.6 Å². The molecule has 0 aliphatic heterocycles. The first kappa shape index (κ1) is 16.3. The molecule has 0 aromatic heterocycles. The zero-order chi connectivity index (χ0) is 16.1. The van der Waals surface area contributed by atoms with Gasteiger partial charge in [-0.25, -0.2) is 5.43 Å². The van der Waals surface area contributed by atoms with Gasteiger partial charge in [-0.1, -0.05) is 30.1 Å². The summed E-state index contributed by atoms with van der Waals surface area (Å²) in [6.07, 6.45) is 0.603. The topological polar surface area (TPSA) is 67.5 Å². The highest BCUT2D eigenvalue weighted by atomic mass is 35.5. The van der Waals surface area contributed by atoms with Crippen LogP contribution in [0.5, 0.6) is 0 Å². The van der Waals surface area contributed by atoms with Crippen LogP contribution in [0.2, 0.25) is 10.0 Å². The van der Waals surface area contributed by atoms with Crippen LogP contribution in [-0.4, -0.2) is 11.6 Å². The maximum Gasteiger partial charge on any atom is 0.271 e. The molecule has 3 N–H and O–H groups in total. The third-order valence-electron chi connectivity index (χ3n) is 3.06. The third-order valence-corrected chi connectivity index (χ3v) is 3.55. The van der Waals surface area contributed by atoms with Crippen molar-refractivity contribution in [1.29, 1.82) is 0 Å². The Morgan fingerprint density at radius 2 is 1.77 bits per heavy atom. The summed E-state index contributed by atoms with van der Waals surface area (Å²) in [5.41, 5.74) is 10.9. The average Bonchev–Trinajstić information content (AvgIpc) is 2.51. The SMILES string of the molecule is CC/C(=N\NC(=O)c1ccc(Cl)cc1)c1cc(Cl)ccc1N. The van der Waals surface area contributed by atoms with Crippen molar-refractivity contribution in [2.75, 3.05) is 5.73 Å². The van der Waals surface area contributed by atoms with Crippen molar-refractivity contribution < 1.29 is 4.79 Å². The first-order valence-corrected chi connectivity index (χ1v) is 7.44. The van der Waals surface area contributed by atoms with Gasteiger partial charge < -0.3 is 5.73 Å². The van der Waals surface area contributed by atoms with Gasteiger partial charge in [-0.3, -0.25) is 4.79 Å². The van der Waals surface area contributed by atoms with E-state index in [-0.39, 0.29) is 5.91 Å². The van der Waals surface area contributed by atoms with Crippen molar-refractivity contribution >= 4 is 40.5 Å². The molecular formula is C16H15Cl2N3O. The normalized spacial score (nSPS) is 11.3. The van der Waals surface area contributed by atoms with E-state index in [9.17, 15) is 4.79 Å². The highest BCUT2D eigenvalue weighted by Gasteiger charge is 2.09. The Balaban J connectivity index is 2.20. The Labute approximate surface area is 138 Å². The number of hydrogen-bond acceptors (Lipinski definition) is 3. The number of hydrazone groups is 1. The zero-order valence-electron chi connectivity index (χ0n) is 11.9. The third kappa shape index (κ3) is 4.00. The largest absolute Gasteiger partial charge is 0.398 e. The summed E-state index contributed by atoms with van der Waals surface area (Å²) in [5.74, 6) is -0.316. The zero-order valence-corrected chi connectivity index (χ0v) is 13.4. The van der Waals surface area contributed by atoms with Crippen LogP contribution >= 0.6 is 23.2 Å². The molecule has 22 heavy (non-hydrogen) atoms. The van der Waals surface area contributed by atoms with Crippen LogP contribution in [0.4, 0.5) is 5.69 Å². The van der Waals surface area contributed by atoms with Crippen LogP contribution < -0.4 is 11.2 Å². The van der Waals surface area contributed by atoms with Crippen LogP contribution in [0.1, 0.15) is 29.3 Å². The predicted octanol–water partition coefficient (Wildman–Crippen LogP) is 4.12. The summed E-state index contributed by atoms with van der Waals surface area (Å²) in [6, 6.07) is 11.7. The highest BCUT2D eigenvalue weighted by Crippen LogP contribution is 2.19. The molecule has 2 rings (SSSR count). The van der Waals surface area contributed by atoms with Gasteiger partial charge in [0.1, 0.15) is 0 Å². The maximum absolute atomic E-state index is 12.0. The second-order valence-electron chi connectivity index (χ2n) is 4.59. The van der Waals surface area contributed by atoms with E-state index in [0.29, 0.717) is 39.0 Å². The van der Waals surface area contributed by atoms with Gasteiger partial charge in [-0.15, -0.1) is 0 Å². The molecule has 0 saturated heterocycles. The molecule has 1 amide bonds. The molecule has 0 bridgehead atoms. The van der Waals surface area contributed by atoms with Crippen molar-refractivity contribution in [3.8, 4) is 0 Å². The minimum atomic E-state index is -0.316. The van der Waals surface area contributed by atoms with E-state index in [1.54, 1.807) is 42.5 Å². The quantitative estimate of drug-likeness (QED) is 0.501. The maximum atomic E-state index is 12.0. The Bertz CT molecular complexity index is 712. The van der Waals surface area contributed by atoms with Gasteiger partial charge in [0, 0.05) is 26.9 Å². The molecule has 0 unspecified atom stereocenters. The second kappa shape index (κ2) is 7.29. The summed E-state index contributed by atoms with van der Waals surface area (Å²) >= 11 is 11.8. The smallest absolute Gasteiger partial charge is 0.271 e. The fourth-order valence-corrected chi connectivity index (χ4v) is 2.19. The van der Waals surface area contributed by atoms with Gasteiger partial charge in [0.15, 0.2) is 0 Å². The molecule has 2 aromatic rings. The number of carbonyl (C=O) groups is 1. The van der Waals surface area contributed by atoms with Crippen molar-refractivity contribution in [2.24, 2.45) is 5.10 Å². The van der Waals surface area contributed by atoms with E-state index in [4.69, 9.17) is 28.9 Å². The van der Waals surface area contributed by atoms with Crippen LogP contribution in [0.25, 0.3) is 0 Å². The summed E-state index contributed by atoms with van der Waals surface area (Å²) in [7, 11) is 0. The number of nitrogens with one attached hydrogen (secondary N) is 1. The lowest BCUT2D eigenvalue weighted by Crippen LogP contribution is -2.20. The molecular weight excluding hydrogens is 321 g/mol. The summed E-state index contributed by atoms with van der Waals surface area (Å²) < 4.78 is 0. The first-order chi connectivity index (χ1) is 10.5. The van der Waals surface area contributed by atoms with Crippen molar-refractivity contribution in [3.63, 3.8) is 0 Å². The van der Waals surface area contributed by atoms with E-state index in [0.717, 1.165) is 0 Å². The lowest BCUT2D eigenvalue weighted by molar-refractivity contribution is 0.0955. The molecule has 0 aliphatic carbocycles.